The lowest BCUT2D eigenvalue weighted by Crippen LogP contribution is -2.52. The van der Waals surface area contributed by atoms with Gasteiger partial charge in [0.25, 0.3) is 11.1 Å². The van der Waals surface area contributed by atoms with Crippen LogP contribution in [0.2, 0.25) is 0 Å². The lowest BCUT2D eigenvalue weighted by molar-refractivity contribution is -0.120. The van der Waals surface area contributed by atoms with Gasteiger partial charge in [-0.3, -0.25) is 23.5 Å². The van der Waals surface area contributed by atoms with E-state index in [-0.39, 0.29) is 39.8 Å². The molecule has 0 bridgehead atoms. The van der Waals surface area contributed by atoms with E-state index in [2.05, 4.69) is 15.3 Å². The minimum atomic E-state index is -1.64. The predicted molar refractivity (Wildman–Crippen MR) is 126 cm³/mol. The van der Waals surface area contributed by atoms with Crippen molar-refractivity contribution in [2.75, 3.05) is 29.8 Å². The summed E-state index contributed by atoms with van der Waals surface area (Å²) in [5, 5.41) is 4.07. The van der Waals surface area contributed by atoms with E-state index < -0.39 is 5.41 Å². The van der Waals surface area contributed by atoms with E-state index >= 15 is 0 Å². The summed E-state index contributed by atoms with van der Waals surface area (Å²) >= 11 is 2.64. The summed E-state index contributed by atoms with van der Waals surface area (Å²) < 4.78 is 2.83. The Bertz CT molecular complexity index is 1370. The van der Waals surface area contributed by atoms with Crippen molar-refractivity contribution in [1.29, 1.82) is 0 Å². The predicted octanol–water partition coefficient (Wildman–Crippen LogP) is 1.69. The summed E-state index contributed by atoms with van der Waals surface area (Å²) in [6.07, 6.45) is 3.65. The van der Waals surface area contributed by atoms with Gasteiger partial charge in [0.2, 0.25) is 5.91 Å². The van der Waals surface area contributed by atoms with Crippen molar-refractivity contribution in [2.45, 2.75) is 15.7 Å². The molecule has 164 valence electrons. The third kappa shape index (κ3) is 2.35. The number of carbonyl (C=O) groups is 1. The molecule has 5 rings (SSSR count). The smallest absolute Gasteiger partial charge is 0.261 e. The summed E-state index contributed by atoms with van der Waals surface area (Å²) in [5.41, 5.74) is -0.908. The van der Waals surface area contributed by atoms with Gasteiger partial charge in [0.05, 0.1) is 11.1 Å². The van der Waals surface area contributed by atoms with Crippen LogP contribution in [0.25, 0.3) is 0 Å². The van der Waals surface area contributed by atoms with Crippen LogP contribution in [0.1, 0.15) is 16.7 Å². The number of benzene rings is 1. The molecule has 0 aliphatic carbocycles. The van der Waals surface area contributed by atoms with Crippen LogP contribution < -0.4 is 21.3 Å². The van der Waals surface area contributed by atoms with E-state index in [1.54, 1.807) is 33.3 Å². The van der Waals surface area contributed by atoms with Crippen molar-refractivity contribution < 1.29 is 4.79 Å². The van der Waals surface area contributed by atoms with Gasteiger partial charge in [0.15, 0.2) is 10.3 Å². The van der Waals surface area contributed by atoms with Gasteiger partial charge < -0.3 is 10.2 Å². The molecule has 2 aliphatic rings. The molecule has 3 aromatic rings. The number of likely N-dealkylation sites (N-methyl/N-ethyl adjacent to an activating group) is 1. The minimum Gasteiger partial charge on any atom is -0.324 e. The van der Waals surface area contributed by atoms with Gasteiger partial charge in [-0.1, -0.05) is 41.7 Å². The summed E-state index contributed by atoms with van der Waals surface area (Å²) in [5.74, 6) is 0.113. The molecule has 1 amide bonds. The van der Waals surface area contributed by atoms with Crippen molar-refractivity contribution in [2.24, 2.45) is 14.1 Å². The first-order valence-electron chi connectivity index (χ1n) is 9.74. The number of anilines is 3. The van der Waals surface area contributed by atoms with Crippen molar-refractivity contribution in [3.63, 3.8) is 0 Å². The topological polar surface area (TPSA) is 102 Å². The van der Waals surface area contributed by atoms with Crippen molar-refractivity contribution in [3.8, 4) is 0 Å². The molecule has 0 radical (unpaired) electrons. The number of nitrogens with one attached hydrogen (secondary N) is 1. The van der Waals surface area contributed by atoms with E-state index in [0.29, 0.717) is 21.6 Å². The highest BCUT2D eigenvalue weighted by Gasteiger charge is 2.60. The fraction of sp³-hybridized carbons (Fsp3) is 0.286. The molecule has 32 heavy (non-hydrogen) atoms. The third-order valence-corrected chi connectivity index (χ3v) is 7.61. The second-order valence-electron chi connectivity index (χ2n) is 7.63. The summed E-state index contributed by atoms with van der Waals surface area (Å²) in [6, 6.07) is 7.23. The first-order valence-corrected chi connectivity index (χ1v) is 12.2. The number of hydrogen-bond donors (Lipinski definition) is 1. The van der Waals surface area contributed by atoms with Crippen LogP contribution in [-0.2, 0) is 24.3 Å². The maximum atomic E-state index is 14.0. The fourth-order valence-corrected chi connectivity index (χ4v) is 5.75. The summed E-state index contributed by atoms with van der Waals surface area (Å²) in [4.78, 5) is 52.2. The number of fused-ring (bicyclic) bond motifs is 6. The zero-order valence-electron chi connectivity index (χ0n) is 18.1. The van der Waals surface area contributed by atoms with Gasteiger partial charge in [0, 0.05) is 32.4 Å². The molecule has 0 fully saturated rings. The third-order valence-electron chi connectivity index (χ3n) is 6.15. The van der Waals surface area contributed by atoms with Crippen molar-refractivity contribution in [3.05, 3.63) is 61.7 Å². The van der Waals surface area contributed by atoms with E-state index in [4.69, 9.17) is 0 Å². The molecular formula is C21H20N6O3S2. The first kappa shape index (κ1) is 20.8. The minimum absolute atomic E-state index is 0.142. The van der Waals surface area contributed by atoms with E-state index in [0.717, 1.165) is 0 Å². The van der Waals surface area contributed by atoms with Crippen molar-refractivity contribution >= 4 is 46.8 Å². The quantitative estimate of drug-likeness (QED) is 0.448. The Hall–Kier alpha value is -3.05. The fourth-order valence-electron chi connectivity index (χ4n) is 4.67. The second kappa shape index (κ2) is 6.97. The first-order chi connectivity index (χ1) is 15.3. The van der Waals surface area contributed by atoms with Gasteiger partial charge in [0.1, 0.15) is 17.1 Å². The van der Waals surface area contributed by atoms with Gasteiger partial charge >= 0.3 is 0 Å². The molecule has 1 spiro atoms. The molecule has 2 aliphatic heterocycles. The van der Waals surface area contributed by atoms with Gasteiger partial charge in [-0.15, -0.1) is 0 Å². The number of para-hydroxylation sites is 1. The Morgan fingerprint density at radius 2 is 1.34 bits per heavy atom. The Balaban J connectivity index is 2.04. The van der Waals surface area contributed by atoms with Gasteiger partial charge in [-0.25, -0.2) is 9.97 Å². The Morgan fingerprint density at radius 3 is 1.84 bits per heavy atom. The number of amides is 1. The number of carbonyl (C=O) groups excluding carboxylic acids is 1. The number of rotatable bonds is 2. The Kier molecular flexibility index (Phi) is 4.54. The highest BCUT2D eigenvalue weighted by Crippen LogP contribution is 2.53. The molecule has 2 aromatic heterocycles. The Morgan fingerprint density at radius 1 is 0.844 bits per heavy atom. The van der Waals surface area contributed by atoms with E-state index in [1.165, 1.54) is 37.6 Å². The Labute approximate surface area is 191 Å². The van der Waals surface area contributed by atoms with Gasteiger partial charge in [-0.2, -0.15) is 0 Å². The van der Waals surface area contributed by atoms with Crippen LogP contribution in [0.5, 0.6) is 0 Å². The molecular weight excluding hydrogens is 448 g/mol. The average molecular weight is 469 g/mol. The van der Waals surface area contributed by atoms with Crippen LogP contribution in [0.15, 0.2) is 44.2 Å². The van der Waals surface area contributed by atoms with Gasteiger partial charge in [-0.05, 0) is 18.6 Å². The lowest BCUT2D eigenvalue weighted by atomic mass is 9.69. The molecule has 4 heterocycles. The summed E-state index contributed by atoms with van der Waals surface area (Å²) in [7, 11) is 4.89. The maximum absolute atomic E-state index is 14.0. The second-order valence-corrected chi connectivity index (χ2v) is 9.18. The molecule has 9 nitrogen and oxygen atoms in total. The number of nitrogens with zero attached hydrogens (tertiary/aromatic N) is 5. The average Bonchev–Trinajstić information content (AvgIpc) is 3.01. The standard InChI is InChI=1S/C21H20N6O3S2/c1-25-11-9-7-6-8-10(11)21(18(25)30)12-14(23-19(31-4)26(2)16(12)28)22-15-13(21)17(29)27(3)20(24-15)32-5/h6-9,22H,1-5H3. The van der Waals surface area contributed by atoms with E-state index in [1.807, 2.05) is 24.6 Å². The summed E-state index contributed by atoms with van der Waals surface area (Å²) in [6.45, 7) is 0. The molecule has 0 saturated carbocycles. The lowest BCUT2D eigenvalue weighted by Gasteiger charge is -2.35. The molecule has 1 aromatic carbocycles. The maximum Gasteiger partial charge on any atom is 0.261 e. The molecule has 0 unspecified atom stereocenters. The monoisotopic (exact) mass is 468 g/mol. The number of hydrogen-bond acceptors (Lipinski definition) is 8. The number of thioether (sulfide) groups is 2. The molecule has 0 atom stereocenters. The zero-order valence-corrected chi connectivity index (χ0v) is 19.7. The van der Waals surface area contributed by atoms with E-state index in [9.17, 15) is 14.4 Å². The van der Waals surface area contributed by atoms with Crippen LogP contribution in [0, 0.1) is 0 Å². The normalized spacial score (nSPS) is 15.4. The molecule has 0 saturated heterocycles. The number of aromatic nitrogens is 4. The van der Waals surface area contributed by atoms with Crippen molar-refractivity contribution in [1.82, 2.24) is 19.1 Å². The van der Waals surface area contributed by atoms with Crippen LogP contribution in [0.3, 0.4) is 0 Å². The highest BCUT2D eigenvalue weighted by atomic mass is 32.2. The largest absolute Gasteiger partial charge is 0.324 e. The van der Waals surface area contributed by atoms with Crippen LogP contribution >= 0.6 is 23.5 Å². The van der Waals surface area contributed by atoms with Crippen LogP contribution in [0.4, 0.5) is 17.3 Å². The highest BCUT2D eigenvalue weighted by molar-refractivity contribution is 7.98. The molecule has 11 heteroatoms. The molecule has 1 N–H and O–H groups in total. The SMILES string of the molecule is CSc1nc2c(c(=O)n1C)C1(C(=O)N(C)c3ccccc31)c1c(nc(SC)n(C)c1=O)N2. The zero-order chi connectivity index (χ0) is 22.9. The van der Waals surface area contributed by atoms with Crippen LogP contribution in [-0.4, -0.2) is 44.6 Å².